The molecule has 16 heavy (non-hydrogen) atoms. The van der Waals surface area contributed by atoms with Crippen molar-refractivity contribution in [1.82, 2.24) is 0 Å². The molecule has 1 atom stereocenters. The Labute approximate surface area is 99.3 Å². The maximum atomic E-state index is 6.10. The van der Waals surface area contributed by atoms with Gasteiger partial charge in [-0.2, -0.15) is 0 Å². The SMILES string of the molecule is CCCC(C)=CCCC(N)C1=NCCC=C1. The van der Waals surface area contributed by atoms with E-state index in [0.29, 0.717) is 0 Å². The number of nitrogens with two attached hydrogens (primary N) is 1. The van der Waals surface area contributed by atoms with E-state index in [1.54, 1.807) is 0 Å². The summed E-state index contributed by atoms with van der Waals surface area (Å²) in [6, 6.07) is 0.113. The molecule has 0 amide bonds. The fourth-order valence-electron chi connectivity index (χ4n) is 1.92. The molecule has 2 N–H and O–H groups in total. The second-order valence-corrected chi connectivity index (χ2v) is 4.48. The minimum Gasteiger partial charge on any atom is -0.323 e. The van der Waals surface area contributed by atoms with Crippen molar-refractivity contribution in [2.45, 2.75) is 52.0 Å². The lowest BCUT2D eigenvalue weighted by atomic mass is 10.0. The average Bonchev–Trinajstić information content (AvgIpc) is 2.30. The molecule has 0 aromatic heterocycles. The molecular formula is C14H24N2. The third-order valence-corrected chi connectivity index (χ3v) is 2.87. The monoisotopic (exact) mass is 220 g/mol. The zero-order chi connectivity index (χ0) is 11.8. The van der Waals surface area contributed by atoms with Crippen molar-refractivity contribution >= 4 is 5.71 Å². The highest BCUT2D eigenvalue weighted by Gasteiger charge is 2.08. The average molecular weight is 220 g/mol. The standard InChI is InChI=1S/C14H24N2/c1-3-7-12(2)8-6-9-13(15)14-10-4-5-11-16-14/h4,8,10,13H,3,5-7,9,11,15H2,1-2H3. The summed E-state index contributed by atoms with van der Waals surface area (Å²) in [5, 5.41) is 0. The number of hydrogen-bond donors (Lipinski definition) is 1. The molecule has 0 aromatic rings. The van der Waals surface area contributed by atoms with Crippen molar-refractivity contribution in [2.75, 3.05) is 6.54 Å². The highest BCUT2D eigenvalue weighted by atomic mass is 14.8. The van der Waals surface area contributed by atoms with Gasteiger partial charge in [0.05, 0.1) is 5.71 Å². The van der Waals surface area contributed by atoms with Crippen LogP contribution in [0, 0.1) is 0 Å². The first-order chi connectivity index (χ1) is 7.74. The molecule has 0 aromatic carbocycles. The normalized spacial score (nSPS) is 18.4. The predicted molar refractivity (Wildman–Crippen MR) is 71.9 cm³/mol. The van der Waals surface area contributed by atoms with Crippen molar-refractivity contribution < 1.29 is 0 Å². The minimum atomic E-state index is 0.113. The van der Waals surface area contributed by atoms with Crippen LogP contribution in [0.15, 0.2) is 28.8 Å². The Morgan fingerprint density at radius 1 is 1.62 bits per heavy atom. The predicted octanol–water partition coefficient (Wildman–Crippen LogP) is 3.24. The van der Waals surface area contributed by atoms with Gasteiger partial charge in [-0.25, -0.2) is 0 Å². The van der Waals surface area contributed by atoms with Crippen LogP contribution in [-0.2, 0) is 0 Å². The molecule has 0 spiro atoms. The lowest BCUT2D eigenvalue weighted by Gasteiger charge is -2.13. The van der Waals surface area contributed by atoms with E-state index in [4.69, 9.17) is 5.73 Å². The van der Waals surface area contributed by atoms with Gasteiger partial charge < -0.3 is 5.73 Å². The number of allylic oxidation sites excluding steroid dienone is 2. The molecule has 2 heteroatoms. The van der Waals surface area contributed by atoms with Crippen molar-refractivity contribution in [3.63, 3.8) is 0 Å². The van der Waals surface area contributed by atoms with Gasteiger partial charge in [0.15, 0.2) is 0 Å². The molecule has 0 aliphatic carbocycles. The summed E-state index contributed by atoms with van der Waals surface area (Å²) >= 11 is 0. The molecule has 1 rings (SSSR count). The van der Waals surface area contributed by atoms with Gasteiger partial charge in [0.2, 0.25) is 0 Å². The molecule has 0 saturated carbocycles. The summed E-state index contributed by atoms with van der Waals surface area (Å²) in [5.41, 5.74) is 8.66. The molecule has 2 nitrogen and oxygen atoms in total. The van der Waals surface area contributed by atoms with Gasteiger partial charge in [-0.3, -0.25) is 4.99 Å². The van der Waals surface area contributed by atoms with Crippen LogP contribution in [0.25, 0.3) is 0 Å². The van der Waals surface area contributed by atoms with E-state index in [1.807, 2.05) is 0 Å². The number of nitrogens with zero attached hydrogens (tertiary/aromatic N) is 1. The van der Waals surface area contributed by atoms with E-state index in [0.717, 1.165) is 31.5 Å². The van der Waals surface area contributed by atoms with Crippen molar-refractivity contribution in [3.8, 4) is 0 Å². The largest absolute Gasteiger partial charge is 0.323 e. The molecule has 90 valence electrons. The zero-order valence-electron chi connectivity index (χ0n) is 10.6. The van der Waals surface area contributed by atoms with Crippen molar-refractivity contribution in [3.05, 3.63) is 23.8 Å². The molecule has 1 aliphatic rings. The highest BCUT2D eigenvalue weighted by Crippen LogP contribution is 2.09. The second kappa shape index (κ2) is 7.39. The summed E-state index contributed by atoms with van der Waals surface area (Å²) in [7, 11) is 0. The van der Waals surface area contributed by atoms with Crippen LogP contribution >= 0.6 is 0 Å². The molecule has 1 aliphatic heterocycles. The molecule has 1 heterocycles. The third-order valence-electron chi connectivity index (χ3n) is 2.87. The summed E-state index contributed by atoms with van der Waals surface area (Å²) in [5.74, 6) is 0. The van der Waals surface area contributed by atoms with Gasteiger partial charge in [-0.15, -0.1) is 0 Å². The van der Waals surface area contributed by atoms with E-state index in [2.05, 4.69) is 37.1 Å². The Balaban J connectivity index is 2.29. The summed E-state index contributed by atoms with van der Waals surface area (Å²) in [6.07, 6.45) is 12.1. The van der Waals surface area contributed by atoms with Gasteiger partial charge in [-0.05, 0) is 38.7 Å². The van der Waals surface area contributed by atoms with Crippen LogP contribution in [0.2, 0.25) is 0 Å². The number of hydrogen-bond acceptors (Lipinski definition) is 2. The van der Waals surface area contributed by atoms with Gasteiger partial charge >= 0.3 is 0 Å². The quantitative estimate of drug-likeness (QED) is 0.686. The van der Waals surface area contributed by atoms with E-state index in [1.165, 1.54) is 18.4 Å². The fraction of sp³-hybridized carbons (Fsp3) is 0.643. The summed E-state index contributed by atoms with van der Waals surface area (Å²) in [6.45, 7) is 5.32. The van der Waals surface area contributed by atoms with Crippen molar-refractivity contribution in [2.24, 2.45) is 10.7 Å². The first kappa shape index (κ1) is 13.2. The Hall–Kier alpha value is -0.890. The Morgan fingerprint density at radius 3 is 3.06 bits per heavy atom. The fourth-order valence-corrected chi connectivity index (χ4v) is 1.92. The second-order valence-electron chi connectivity index (χ2n) is 4.48. The molecule has 0 saturated heterocycles. The van der Waals surface area contributed by atoms with Gasteiger partial charge in [0.25, 0.3) is 0 Å². The maximum Gasteiger partial charge on any atom is 0.0512 e. The van der Waals surface area contributed by atoms with Crippen LogP contribution in [0.3, 0.4) is 0 Å². The van der Waals surface area contributed by atoms with Crippen LogP contribution in [0.5, 0.6) is 0 Å². The number of dihydropyridines is 1. The van der Waals surface area contributed by atoms with Crippen LogP contribution in [-0.4, -0.2) is 18.3 Å². The topological polar surface area (TPSA) is 38.4 Å². The van der Waals surface area contributed by atoms with Crippen LogP contribution < -0.4 is 5.73 Å². The third kappa shape index (κ3) is 4.75. The first-order valence-electron chi connectivity index (χ1n) is 6.36. The van der Waals surface area contributed by atoms with E-state index >= 15 is 0 Å². The molecular weight excluding hydrogens is 196 g/mol. The Bertz CT molecular complexity index is 287. The molecule has 1 unspecified atom stereocenters. The maximum absolute atomic E-state index is 6.10. The van der Waals surface area contributed by atoms with E-state index in [9.17, 15) is 0 Å². The van der Waals surface area contributed by atoms with E-state index in [-0.39, 0.29) is 6.04 Å². The Morgan fingerprint density at radius 2 is 2.44 bits per heavy atom. The lowest BCUT2D eigenvalue weighted by Crippen LogP contribution is -2.30. The number of rotatable bonds is 6. The zero-order valence-corrected chi connectivity index (χ0v) is 10.6. The van der Waals surface area contributed by atoms with Gasteiger partial charge in [0.1, 0.15) is 0 Å². The highest BCUT2D eigenvalue weighted by molar-refractivity contribution is 5.99. The molecule has 0 fully saturated rings. The first-order valence-corrected chi connectivity index (χ1v) is 6.36. The van der Waals surface area contributed by atoms with Gasteiger partial charge in [-0.1, -0.05) is 31.1 Å². The minimum absolute atomic E-state index is 0.113. The Kier molecular flexibility index (Phi) is 6.09. The summed E-state index contributed by atoms with van der Waals surface area (Å²) in [4.78, 5) is 4.45. The summed E-state index contributed by atoms with van der Waals surface area (Å²) < 4.78 is 0. The molecule has 0 bridgehead atoms. The lowest BCUT2D eigenvalue weighted by molar-refractivity contribution is 0.752. The van der Waals surface area contributed by atoms with E-state index < -0.39 is 0 Å². The van der Waals surface area contributed by atoms with Crippen LogP contribution in [0.1, 0.15) is 46.0 Å². The van der Waals surface area contributed by atoms with Gasteiger partial charge in [0, 0.05) is 12.6 Å². The molecule has 0 radical (unpaired) electrons. The van der Waals surface area contributed by atoms with Crippen molar-refractivity contribution in [1.29, 1.82) is 0 Å². The number of aliphatic imine (C=N–C) groups is 1. The van der Waals surface area contributed by atoms with Crippen LogP contribution in [0.4, 0.5) is 0 Å². The smallest absolute Gasteiger partial charge is 0.0512 e.